The summed E-state index contributed by atoms with van der Waals surface area (Å²) < 4.78 is 13.4. The summed E-state index contributed by atoms with van der Waals surface area (Å²) in [5, 5.41) is 7.30. The third kappa shape index (κ3) is 4.86. The summed E-state index contributed by atoms with van der Waals surface area (Å²) in [6.07, 6.45) is 0. The zero-order valence-electron chi connectivity index (χ0n) is 17.9. The fourth-order valence-corrected chi connectivity index (χ4v) is 3.41. The minimum atomic E-state index is -0.345. The highest BCUT2D eigenvalue weighted by Crippen LogP contribution is 2.24. The molecule has 0 saturated heterocycles. The predicted octanol–water partition coefficient (Wildman–Crippen LogP) is 5.28. The lowest BCUT2D eigenvalue weighted by molar-refractivity contribution is 0.0992. The van der Waals surface area contributed by atoms with Crippen LogP contribution in [0.5, 0.6) is 5.75 Å². The number of carbonyl (C=O) groups excluding carboxylic acids is 1. The lowest BCUT2D eigenvalue weighted by Crippen LogP contribution is -2.12. The molecule has 2 heterocycles. The van der Waals surface area contributed by atoms with Crippen LogP contribution in [-0.4, -0.2) is 15.7 Å². The molecule has 0 aliphatic heterocycles. The molecule has 0 bridgehead atoms. The van der Waals surface area contributed by atoms with Gasteiger partial charge in [-0.2, -0.15) is 5.10 Å². The fourth-order valence-electron chi connectivity index (χ4n) is 3.41. The first-order chi connectivity index (χ1) is 15.0. The van der Waals surface area contributed by atoms with E-state index in [-0.39, 0.29) is 18.3 Å². The van der Waals surface area contributed by atoms with Gasteiger partial charge in [-0.3, -0.25) is 9.48 Å². The lowest BCUT2D eigenvalue weighted by Gasteiger charge is -2.10. The second kappa shape index (κ2) is 8.92. The molecule has 0 aliphatic carbocycles. The number of aromatic nitrogens is 2. The molecule has 1 amide bonds. The number of hydrogen-bond donors (Lipinski definition) is 1. The number of ether oxygens (including phenoxy) is 1. The molecule has 158 valence electrons. The molecular formula is C25H25N3O3. The number of furan rings is 1. The van der Waals surface area contributed by atoms with Gasteiger partial charge in [0.2, 0.25) is 0 Å². The monoisotopic (exact) mass is 415 g/mol. The lowest BCUT2D eigenvalue weighted by atomic mass is 10.1. The molecular weight excluding hydrogens is 390 g/mol. The maximum atomic E-state index is 12.6. The Morgan fingerprint density at radius 3 is 2.48 bits per heavy atom. The second-order valence-corrected chi connectivity index (χ2v) is 7.54. The summed E-state index contributed by atoms with van der Waals surface area (Å²) in [7, 11) is 0. The van der Waals surface area contributed by atoms with Crippen molar-refractivity contribution in [2.75, 3.05) is 5.32 Å². The van der Waals surface area contributed by atoms with Crippen molar-refractivity contribution in [2.45, 2.75) is 33.9 Å². The van der Waals surface area contributed by atoms with Gasteiger partial charge in [0.25, 0.3) is 5.91 Å². The second-order valence-electron chi connectivity index (χ2n) is 7.54. The van der Waals surface area contributed by atoms with Crippen LogP contribution in [0.2, 0.25) is 0 Å². The standard InChI is InChI=1S/C25H25N3O3/c1-17-8-7-9-18(2)24(17)30-16-21-12-13-22(31-21)25(29)26-23-14-19(3)28(27-23)15-20-10-5-4-6-11-20/h4-14H,15-16H2,1-3H3,(H,26,27,29). The molecule has 0 radical (unpaired) electrons. The van der Waals surface area contributed by atoms with Crippen LogP contribution in [-0.2, 0) is 13.2 Å². The van der Waals surface area contributed by atoms with Gasteiger partial charge in [-0.15, -0.1) is 0 Å². The number of amides is 1. The first-order valence-corrected chi connectivity index (χ1v) is 10.2. The minimum Gasteiger partial charge on any atom is -0.485 e. The van der Waals surface area contributed by atoms with E-state index in [0.29, 0.717) is 18.1 Å². The van der Waals surface area contributed by atoms with E-state index in [2.05, 4.69) is 10.4 Å². The van der Waals surface area contributed by atoms with Crippen LogP contribution in [0.3, 0.4) is 0 Å². The van der Waals surface area contributed by atoms with Crippen molar-refractivity contribution >= 4 is 11.7 Å². The van der Waals surface area contributed by atoms with E-state index in [0.717, 1.165) is 28.1 Å². The number of hydrogen-bond acceptors (Lipinski definition) is 4. The number of nitrogens with one attached hydrogen (secondary N) is 1. The average molecular weight is 415 g/mol. The van der Waals surface area contributed by atoms with Crippen LogP contribution in [0, 0.1) is 20.8 Å². The Balaban J connectivity index is 1.38. The molecule has 0 spiro atoms. The van der Waals surface area contributed by atoms with Crippen molar-refractivity contribution in [1.29, 1.82) is 0 Å². The first-order valence-electron chi connectivity index (χ1n) is 10.2. The van der Waals surface area contributed by atoms with E-state index < -0.39 is 0 Å². The van der Waals surface area contributed by atoms with E-state index in [1.165, 1.54) is 0 Å². The SMILES string of the molecule is Cc1cccc(C)c1OCc1ccc(C(=O)Nc2cc(C)n(Cc3ccccc3)n2)o1. The molecule has 0 atom stereocenters. The largest absolute Gasteiger partial charge is 0.485 e. The van der Waals surface area contributed by atoms with E-state index in [9.17, 15) is 4.79 Å². The number of benzene rings is 2. The molecule has 0 aliphatic rings. The van der Waals surface area contributed by atoms with Gasteiger partial charge in [0.15, 0.2) is 11.6 Å². The highest BCUT2D eigenvalue weighted by molar-refractivity contribution is 6.01. The Kier molecular flexibility index (Phi) is 5.89. The van der Waals surface area contributed by atoms with Crippen LogP contribution in [0.1, 0.15) is 38.7 Å². The maximum absolute atomic E-state index is 12.6. The van der Waals surface area contributed by atoms with Crippen LogP contribution < -0.4 is 10.1 Å². The average Bonchev–Trinajstić information content (AvgIpc) is 3.35. The van der Waals surface area contributed by atoms with E-state index in [1.807, 2.05) is 80.1 Å². The Labute approximate surface area is 181 Å². The zero-order valence-corrected chi connectivity index (χ0v) is 17.9. The molecule has 1 N–H and O–H groups in total. The molecule has 31 heavy (non-hydrogen) atoms. The summed E-state index contributed by atoms with van der Waals surface area (Å²) in [6, 6.07) is 21.3. The molecule has 0 unspecified atom stereocenters. The summed E-state index contributed by atoms with van der Waals surface area (Å²) >= 11 is 0. The quantitative estimate of drug-likeness (QED) is 0.446. The summed E-state index contributed by atoms with van der Waals surface area (Å²) in [4.78, 5) is 12.6. The predicted molar refractivity (Wildman–Crippen MR) is 119 cm³/mol. The number of nitrogens with zero attached hydrogens (tertiary/aromatic N) is 2. The third-order valence-electron chi connectivity index (χ3n) is 5.05. The number of para-hydroxylation sites is 1. The van der Waals surface area contributed by atoms with E-state index >= 15 is 0 Å². The van der Waals surface area contributed by atoms with Crippen LogP contribution in [0.25, 0.3) is 0 Å². The van der Waals surface area contributed by atoms with E-state index in [4.69, 9.17) is 9.15 Å². The van der Waals surface area contributed by atoms with Crippen LogP contribution >= 0.6 is 0 Å². The van der Waals surface area contributed by atoms with Crippen molar-refractivity contribution < 1.29 is 13.9 Å². The molecule has 4 rings (SSSR count). The molecule has 0 fully saturated rings. The topological polar surface area (TPSA) is 69.3 Å². The Morgan fingerprint density at radius 1 is 1.00 bits per heavy atom. The summed E-state index contributed by atoms with van der Waals surface area (Å²) in [5.41, 5.74) is 4.23. The smallest absolute Gasteiger partial charge is 0.292 e. The van der Waals surface area contributed by atoms with Crippen molar-refractivity contribution in [3.63, 3.8) is 0 Å². The normalized spacial score (nSPS) is 10.8. The molecule has 0 saturated carbocycles. The highest BCUT2D eigenvalue weighted by atomic mass is 16.5. The van der Waals surface area contributed by atoms with Gasteiger partial charge in [0, 0.05) is 11.8 Å². The molecule has 6 heteroatoms. The third-order valence-corrected chi connectivity index (χ3v) is 5.05. The summed E-state index contributed by atoms with van der Waals surface area (Å²) in [5.74, 6) is 1.78. The van der Waals surface area contributed by atoms with Gasteiger partial charge in [-0.05, 0) is 49.6 Å². The van der Waals surface area contributed by atoms with Gasteiger partial charge in [0.1, 0.15) is 18.1 Å². The minimum absolute atomic E-state index is 0.218. The van der Waals surface area contributed by atoms with Gasteiger partial charge >= 0.3 is 0 Å². The molecule has 6 nitrogen and oxygen atoms in total. The highest BCUT2D eigenvalue weighted by Gasteiger charge is 2.15. The Bertz CT molecular complexity index is 1170. The zero-order chi connectivity index (χ0) is 21.8. The van der Waals surface area contributed by atoms with Crippen LogP contribution in [0.15, 0.2) is 71.1 Å². The fraction of sp³-hybridized carbons (Fsp3) is 0.200. The molecule has 2 aromatic heterocycles. The van der Waals surface area contributed by atoms with Gasteiger partial charge in [-0.1, -0.05) is 48.5 Å². The Morgan fingerprint density at radius 2 is 1.74 bits per heavy atom. The number of aryl methyl sites for hydroxylation is 3. The van der Waals surface area contributed by atoms with Crippen molar-refractivity contribution in [2.24, 2.45) is 0 Å². The molecule has 4 aromatic rings. The molecule has 2 aromatic carbocycles. The van der Waals surface area contributed by atoms with Gasteiger partial charge < -0.3 is 14.5 Å². The van der Waals surface area contributed by atoms with Gasteiger partial charge in [-0.25, -0.2) is 0 Å². The maximum Gasteiger partial charge on any atom is 0.292 e. The van der Waals surface area contributed by atoms with Gasteiger partial charge in [0.05, 0.1) is 6.54 Å². The summed E-state index contributed by atoms with van der Waals surface area (Å²) in [6.45, 7) is 6.86. The number of carbonyl (C=O) groups is 1. The number of anilines is 1. The van der Waals surface area contributed by atoms with Crippen LogP contribution in [0.4, 0.5) is 5.82 Å². The van der Waals surface area contributed by atoms with Crippen molar-refractivity contribution in [1.82, 2.24) is 9.78 Å². The van der Waals surface area contributed by atoms with Crippen molar-refractivity contribution in [3.05, 3.63) is 101 Å². The Hall–Kier alpha value is -3.80. The van der Waals surface area contributed by atoms with Crippen molar-refractivity contribution in [3.8, 4) is 5.75 Å². The number of rotatable bonds is 7. The van der Waals surface area contributed by atoms with E-state index in [1.54, 1.807) is 12.1 Å². The first kappa shape index (κ1) is 20.5.